The van der Waals surface area contributed by atoms with E-state index in [1.54, 1.807) is 0 Å². The van der Waals surface area contributed by atoms with Gasteiger partial charge in [-0.3, -0.25) is 9.69 Å². The quantitative estimate of drug-likeness (QED) is 0.771. The van der Waals surface area contributed by atoms with E-state index >= 15 is 0 Å². The minimum atomic E-state index is -0.778. The summed E-state index contributed by atoms with van der Waals surface area (Å²) in [4.78, 5) is 14.8. The molecule has 1 N–H and O–H groups in total. The van der Waals surface area contributed by atoms with Gasteiger partial charge in [0.2, 0.25) is 0 Å². The van der Waals surface area contributed by atoms with Crippen LogP contribution in [0.1, 0.15) is 5.56 Å². The van der Waals surface area contributed by atoms with E-state index in [9.17, 15) is 4.79 Å². The molecular formula is C13H20N2O2. The van der Waals surface area contributed by atoms with E-state index < -0.39 is 5.97 Å². The highest BCUT2D eigenvalue weighted by Crippen LogP contribution is 2.04. The van der Waals surface area contributed by atoms with Crippen molar-refractivity contribution in [2.24, 2.45) is 0 Å². The molecule has 0 atom stereocenters. The molecule has 0 fully saturated rings. The SMILES string of the molecule is CN(C)CCN(CC(=O)O)Cc1ccccc1. The number of hydrogen-bond donors (Lipinski definition) is 1. The fraction of sp³-hybridized carbons (Fsp3) is 0.462. The van der Waals surface area contributed by atoms with Crippen molar-refractivity contribution < 1.29 is 9.90 Å². The number of nitrogens with zero attached hydrogens (tertiary/aromatic N) is 2. The number of rotatable bonds is 7. The number of carbonyl (C=O) groups is 1. The van der Waals surface area contributed by atoms with Crippen LogP contribution >= 0.6 is 0 Å². The predicted molar refractivity (Wildman–Crippen MR) is 67.9 cm³/mol. The van der Waals surface area contributed by atoms with Crippen LogP contribution < -0.4 is 0 Å². The highest BCUT2D eigenvalue weighted by Gasteiger charge is 2.10. The van der Waals surface area contributed by atoms with Crippen LogP contribution in [0.3, 0.4) is 0 Å². The van der Waals surface area contributed by atoms with Crippen LogP contribution in [0, 0.1) is 0 Å². The van der Waals surface area contributed by atoms with E-state index in [1.165, 1.54) is 0 Å². The molecule has 17 heavy (non-hydrogen) atoms. The molecule has 0 aliphatic rings. The molecule has 0 aliphatic carbocycles. The Bertz CT molecular complexity index is 339. The molecule has 0 amide bonds. The van der Waals surface area contributed by atoms with Gasteiger partial charge in [0.25, 0.3) is 0 Å². The second-order valence-electron chi connectivity index (χ2n) is 4.39. The van der Waals surface area contributed by atoms with Crippen LogP contribution in [0.25, 0.3) is 0 Å². The fourth-order valence-corrected chi connectivity index (χ4v) is 1.59. The summed E-state index contributed by atoms with van der Waals surface area (Å²) in [6.07, 6.45) is 0. The lowest BCUT2D eigenvalue weighted by molar-refractivity contribution is -0.138. The maximum absolute atomic E-state index is 10.8. The van der Waals surface area contributed by atoms with E-state index in [2.05, 4.69) is 4.90 Å². The first-order valence-corrected chi connectivity index (χ1v) is 5.70. The zero-order valence-electron chi connectivity index (χ0n) is 10.5. The Morgan fingerprint density at radius 2 is 1.82 bits per heavy atom. The number of likely N-dealkylation sites (N-methyl/N-ethyl adjacent to an activating group) is 1. The third-order valence-corrected chi connectivity index (χ3v) is 2.47. The second-order valence-corrected chi connectivity index (χ2v) is 4.39. The third kappa shape index (κ3) is 6.04. The van der Waals surface area contributed by atoms with E-state index in [0.717, 1.165) is 18.7 Å². The summed E-state index contributed by atoms with van der Waals surface area (Å²) in [6.45, 7) is 2.39. The highest BCUT2D eigenvalue weighted by molar-refractivity contribution is 5.69. The van der Waals surface area contributed by atoms with Gasteiger partial charge in [0.05, 0.1) is 6.54 Å². The van der Waals surface area contributed by atoms with Crippen molar-refractivity contribution in [3.63, 3.8) is 0 Å². The normalized spacial score (nSPS) is 11.1. The van der Waals surface area contributed by atoms with E-state index in [1.807, 2.05) is 49.3 Å². The maximum Gasteiger partial charge on any atom is 0.317 e. The molecule has 1 aromatic rings. The van der Waals surface area contributed by atoms with Gasteiger partial charge in [-0.05, 0) is 19.7 Å². The standard InChI is InChI=1S/C13H20N2O2/c1-14(2)8-9-15(11-13(16)17)10-12-6-4-3-5-7-12/h3-7H,8-11H2,1-2H3,(H,16,17). The fourth-order valence-electron chi connectivity index (χ4n) is 1.59. The average Bonchev–Trinajstić information content (AvgIpc) is 2.26. The summed E-state index contributed by atoms with van der Waals surface area (Å²) in [7, 11) is 3.98. The van der Waals surface area contributed by atoms with Gasteiger partial charge in [0, 0.05) is 19.6 Å². The van der Waals surface area contributed by atoms with E-state index in [4.69, 9.17) is 5.11 Å². The lowest BCUT2D eigenvalue weighted by Gasteiger charge is -2.22. The van der Waals surface area contributed by atoms with Crippen molar-refractivity contribution in [3.8, 4) is 0 Å². The number of aliphatic carboxylic acids is 1. The molecule has 0 saturated heterocycles. The smallest absolute Gasteiger partial charge is 0.317 e. The van der Waals surface area contributed by atoms with Crippen molar-refractivity contribution in [1.29, 1.82) is 0 Å². The van der Waals surface area contributed by atoms with E-state index in [0.29, 0.717) is 6.54 Å². The monoisotopic (exact) mass is 236 g/mol. The van der Waals surface area contributed by atoms with Gasteiger partial charge in [-0.2, -0.15) is 0 Å². The largest absolute Gasteiger partial charge is 0.480 e. The molecule has 0 spiro atoms. The van der Waals surface area contributed by atoms with Crippen molar-refractivity contribution in [1.82, 2.24) is 9.80 Å². The van der Waals surface area contributed by atoms with Crippen molar-refractivity contribution in [2.75, 3.05) is 33.7 Å². The van der Waals surface area contributed by atoms with Crippen molar-refractivity contribution >= 4 is 5.97 Å². The van der Waals surface area contributed by atoms with Crippen LogP contribution in [-0.4, -0.2) is 54.6 Å². The topological polar surface area (TPSA) is 43.8 Å². The summed E-state index contributed by atoms with van der Waals surface area (Å²) in [5, 5.41) is 8.87. The molecule has 0 heterocycles. The minimum absolute atomic E-state index is 0.0860. The van der Waals surface area contributed by atoms with Gasteiger partial charge >= 0.3 is 5.97 Å². The van der Waals surface area contributed by atoms with Crippen molar-refractivity contribution in [3.05, 3.63) is 35.9 Å². The van der Waals surface area contributed by atoms with Crippen LogP contribution in [0.2, 0.25) is 0 Å². The number of hydrogen-bond acceptors (Lipinski definition) is 3. The molecule has 0 radical (unpaired) electrons. The third-order valence-electron chi connectivity index (χ3n) is 2.47. The first-order chi connectivity index (χ1) is 8.08. The predicted octanol–water partition coefficient (Wildman–Crippen LogP) is 1.13. The van der Waals surface area contributed by atoms with Gasteiger partial charge in [-0.15, -0.1) is 0 Å². The van der Waals surface area contributed by atoms with Crippen LogP contribution in [0.4, 0.5) is 0 Å². The number of benzene rings is 1. The Labute approximate surface area is 102 Å². The summed E-state index contributed by atoms with van der Waals surface area (Å²) < 4.78 is 0. The van der Waals surface area contributed by atoms with E-state index in [-0.39, 0.29) is 6.54 Å². The molecule has 1 aromatic carbocycles. The van der Waals surface area contributed by atoms with Crippen LogP contribution in [0.15, 0.2) is 30.3 Å². The van der Waals surface area contributed by atoms with Gasteiger partial charge in [-0.25, -0.2) is 0 Å². The molecule has 94 valence electrons. The summed E-state index contributed by atoms with van der Waals surface area (Å²) in [5.74, 6) is -0.778. The number of carboxylic acid groups (broad SMARTS) is 1. The number of carboxylic acids is 1. The Balaban J connectivity index is 2.54. The highest BCUT2D eigenvalue weighted by atomic mass is 16.4. The molecule has 0 aliphatic heterocycles. The van der Waals surface area contributed by atoms with Gasteiger partial charge in [0.1, 0.15) is 0 Å². The first kappa shape index (κ1) is 13.7. The molecule has 4 heteroatoms. The maximum atomic E-state index is 10.8. The minimum Gasteiger partial charge on any atom is -0.480 e. The van der Waals surface area contributed by atoms with Gasteiger partial charge < -0.3 is 10.0 Å². The summed E-state index contributed by atoms with van der Waals surface area (Å²) in [6, 6.07) is 9.94. The summed E-state index contributed by atoms with van der Waals surface area (Å²) in [5.41, 5.74) is 1.15. The van der Waals surface area contributed by atoms with Crippen LogP contribution in [0.5, 0.6) is 0 Å². The zero-order valence-corrected chi connectivity index (χ0v) is 10.5. The summed E-state index contributed by atoms with van der Waals surface area (Å²) >= 11 is 0. The van der Waals surface area contributed by atoms with Crippen LogP contribution in [-0.2, 0) is 11.3 Å². The molecule has 0 bridgehead atoms. The zero-order chi connectivity index (χ0) is 12.7. The Hall–Kier alpha value is -1.39. The molecule has 0 aromatic heterocycles. The Morgan fingerprint density at radius 3 is 2.35 bits per heavy atom. The molecule has 0 saturated carbocycles. The Morgan fingerprint density at radius 1 is 1.18 bits per heavy atom. The molecule has 4 nitrogen and oxygen atoms in total. The second kappa shape index (κ2) is 7.04. The van der Waals surface area contributed by atoms with Crippen molar-refractivity contribution in [2.45, 2.75) is 6.54 Å². The first-order valence-electron chi connectivity index (χ1n) is 5.70. The van der Waals surface area contributed by atoms with Gasteiger partial charge in [0.15, 0.2) is 0 Å². The lowest BCUT2D eigenvalue weighted by Crippen LogP contribution is -2.35. The Kier molecular flexibility index (Phi) is 5.66. The molecular weight excluding hydrogens is 216 g/mol. The average molecular weight is 236 g/mol. The van der Waals surface area contributed by atoms with Gasteiger partial charge in [-0.1, -0.05) is 30.3 Å². The molecule has 0 unspecified atom stereocenters. The lowest BCUT2D eigenvalue weighted by atomic mass is 10.2. The molecule has 1 rings (SSSR count).